The van der Waals surface area contributed by atoms with Crippen LogP contribution in [0.4, 0.5) is 0 Å². The molecule has 13 heavy (non-hydrogen) atoms. The van der Waals surface area contributed by atoms with Crippen LogP contribution in [0.2, 0.25) is 0 Å². The zero-order valence-corrected chi connectivity index (χ0v) is 8.82. The highest BCUT2D eigenvalue weighted by Crippen LogP contribution is 2.09. The van der Waals surface area contributed by atoms with E-state index in [1.807, 2.05) is 26.2 Å². The fourth-order valence-electron chi connectivity index (χ4n) is 1.17. The SMILES string of the molecule is CC(C)OCc1nccn1C(C)C. The van der Waals surface area contributed by atoms with E-state index in [1.165, 1.54) is 0 Å². The van der Waals surface area contributed by atoms with Gasteiger partial charge in [-0.05, 0) is 27.7 Å². The standard InChI is InChI=1S/C10H18N2O/c1-8(2)12-6-5-11-10(12)7-13-9(3)4/h5-6,8-9H,7H2,1-4H3. The van der Waals surface area contributed by atoms with Crippen molar-refractivity contribution in [2.75, 3.05) is 0 Å². The number of aromatic nitrogens is 2. The van der Waals surface area contributed by atoms with Crippen molar-refractivity contribution in [3.8, 4) is 0 Å². The quantitative estimate of drug-likeness (QED) is 0.715. The summed E-state index contributed by atoms with van der Waals surface area (Å²) in [4.78, 5) is 4.25. The van der Waals surface area contributed by atoms with Crippen LogP contribution in [0.1, 0.15) is 39.6 Å². The molecule has 0 aromatic carbocycles. The highest BCUT2D eigenvalue weighted by molar-refractivity contribution is 4.92. The Morgan fingerprint density at radius 1 is 1.38 bits per heavy atom. The Morgan fingerprint density at radius 3 is 2.62 bits per heavy atom. The van der Waals surface area contributed by atoms with Crippen LogP contribution in [0.3, 0.4) is 0 Å². The van der Waals surface area contributed by atoms with Crippen LogP contribution in [-0.2, 0) is 11.3 Å². The first kappa shape index (κ1) is 10.3. The summed E-state index contributed by atoms with van der Waals surface area (Å²) in [5.41, 5.74) is 0. The van der Waals surface area contributed by atoms with Gasteiger partial charge in [-0.25, -0.2) is 4.98 Å². The van der Waals surface area contributed by atoms with Crippen LogP contribution >= 0.6 is 0 Å². The Labute approximate surface area is 79.7 Å². The van der Waals surface area contributed by atoms with Crippen LogP contribution in [0.15, 0.2) is 12.4 Å². The molecule has 0 saturated carbocycles. The highest BCUT2D eigenvalue weighted by atomic mass is 16.5. The molecule has 0 aliphatic rings. The molecule has 1 aromatic rings. The minimum absolute atomic E-state index is 0.261. The molecule has 0 N–H and O–H groups in total. The van der Waals surface area contributed by atoms with Crippen molar-refractivity contribution < 1.29 is 4.74 Å². The van der Waals surface area contributed by atoms with Gasteiger partial charge < -0.3 is 9.30 Å². The molecular formula is C10H18N2O. The molecule has 0 bridgehead atoms. The molecule has 0 radical (unpaired) electrons. The Morgan fingerprint density at radius 2 is 2.08 bits per heavy atom. The molecule has 74 valence electrons. The second-order valence-corrected chi connectivity index (χ2v) is 3.70. The molecule has 3 heteroatoms. The first-order chi connectivity index (χ1) is 6.11. The largest absolute Gasteiger partial charge is 0.371 e. The van der Waals surface area contributed by atoms with Crippen molar-refractivity contribution in [2.24, 2.45) is 0 Å². The third-order valence-corrected chi connectivity index (χ3v) is 1.85. The van der Waals surface area contributed by atoms with Gasteiger partial charge in [0.25, 0.3) is 0 Å². The molecule has 0 unspecified atom stereocenters. The van der Waals surface area contributed by atoms with Crippen molar-refractivity contribution in [3.63, 3.8) is 0 Å². The van der Waals surface area contributed by atoms with E-state index in [0.29, 0.717) is 12.6 Å². The molecule has 0 aliphatic heterocycles. The Kier molecular flexibility index (Phi) is 3.48. The van der Waals surface area contributed by atoms with E-state index in [2.05, 4.69) is 23.4 Å². The van der Waals surface area contributed by atoms with Crippen LogP contribution < -0.4 is 0 Å². The number of rotatable bonds is 4. The first-order valence-corrected chi connectivity index (χ1v) is 4.74. The minimum Gasteiger partial charge on any atom is -0.371 e. The zero-order chi connectivity index (χ0) is 9.84. The molecule has 1 aromatic heterocycles. The maximum Gasteiger partial charge on any atom is 0.135 e. The molecule has 1 heterocycles. The monoisotopic (exact) mass is 182 g/mol. The average Bonchev–Trinajstić information content (AvgIpc) is 2.47. The predicted octanol–water partition coefficient (Wildman–Crippen LogP) is 2.39. The van der Waals surface area contributed by atoms with Gasteiger partial charge in [0.2, 0.25) is 0 Å². The fraction of sp³-hybridized carbons (Fsp3) is 0.700. The minimum atomic E-state index is 0.261. The van der Waals surface area contributed by atoms with Gasteiger partial charge >= 0.3 is 0 Å². The predicted molar refractivity (Wildman–Crippen MR) is 52.5 cm³/mol. The van der Waals surface area contributed by atoms with Crippen LogP contribution in [0, 0.1) is 0 Å². The normalized spacial score (nSPS) is 11.5. The van der Waals surface area contributed by atoms with Gasteiger partial charge in [0.1, 0.15) is 12.4 Å². The van der Waals surface area contributed by atoms with E-state index in [9.17, 15) is 0 Å². The summed E-state index contributed by atoms with van der Waals surface area (Å²) in [5.74, 6) is 1.00. The molecule has 0 fully saturated rings. The van der Waals surface area contributed by atoms with Crippen molar-refractivity contribution in [1.29, 1.82) is 0 Å². The summed E-state index contributed by atoms with van der Waals surface area (Å²) in [6, 6.07) is 0.452. The van der Waals surface area contributed by atoms with E-state index in [1.54, 1.807) is 0 Å². The third kappa shape index (κ3) is 2.84. The Balaban J connectivity index is 2.60. The lowest BCUT2D eigenvalue weighted by Crippen LogP contribution is -2.10. The summed E-state index contributed by atoms with van der Waals surface area (Å²) in [7, 11) is 0. The zero-order valence-electron chi connectivity index (χ0n) is 8.82. The first-order valence-electron chi connectivity index (χ1n) is 4.74. The van der Waals surface area contributed by atoms with Crippen LogP contribution in [-0.4, -0.2) is 15.7 Å². The fourth-order valence-corrected chi connectivity index (χ4v) is 1.17. The maximum atomic E-state index is 5.49. The van der Waals surface area contributed by atoms with E-state index in [4.69, 9.17) is 4.74 Å². The molecule has 0 amide bonds. The molecule has 3 nitrogen and oxygen atoms in total. The van der Waals surface area contributed by atoms with Crippen LogP contribution in [0.25, 0.3) is 0 Å². The van der Waals surface area contributed by atoms with E-state index in [0.717, 1.165) is 5.82 Å². The summed E-state index contributed by atoms with van der Waals surface area (Å²) in [6.07, 6.45) is 4.07. The second kappa shape index (κ2) is 4.42. The van der Waals surface area contributed by atoms with Gasteiger partial charge in [0.05, 0.1) is 6.10 Å². The Hall–Kier alpha value is -0.830. The van der Waals surface area contributed by atoms with Gasteiger partial charge in [-0.1, -0.05) is 0 Å². The van der Waals surface area contributed by atoms with Gasteiger partial charge in [-0.3, -0.25) is 0 Å². The number of imidazole rings is 1. The average molecular weight is 182 g/mol. The molecule has 0 atom stereocenters. The van der Waals surface area contributed by atoms with Crippen molar-refractivity contribution in [1.82, 2.24) is 9.55 Å². The molecule has 1 rings (SSSR count). The van der Waals surface area contributed by atoms with Gasteiger partial charge in [0.15, 0.2) is 0 Å². The smallest absolute Gasteiger partial charge is 0.135 e. The number of nitrogens with zero attached hydrogens (tertiary/aromatic N) is 2. The van der Waals surface area contributed by atoms with Gasteiger partial charge in [-0.2, -0.15) is 0 Å². The molecule has 0 aliphatic carbocycles. The second-order valence-electron chi connectivity index (χ2n) is 3.70. The lowest BCUT2D eigenvalue weighted by molar-refractivity contribution is 0.0589. The third-order valence-electron chi connectivity index (χ3n) is 1.85. The topological polar surface area (TPSA) is 27.1 Å². The summed E-state index contributed by atoms with van der Waals surface area (Å²) in [6.45, 7) is 8.94. The van der Waals surface area contributed by atoms with E-state index >= 15 is 0 Å². The summed E-state index contributed by atoms with van der Waals surface area (Å²) >= 11 is 0. The van der Waals surface area contributed by atoms with Crippen molar-refractivity contribution >= 4 is 0 Å². The Bertz CT molecular complexity index is 253. The number of hydrogen-bond donors (Lipinski definition) is 0. The lowest BCUT2D eigenvalue weighted by atomic mass is 10.4. The van der Waals surface area contributed by atoms with Crippen LogP contribution in [0.5, 0.6) is 0 Å². The van der Waals surface area contributed by atoms with Gasteiger partial charge in [-0.15, -0.1) is 0 Å². The number of hydrogen-bond acceptors (Lipinski definition) is 2. The molecule has 0 spiro atoms. The van der Waals surface area contributed by atoms with E-state index < -0.39 is 0 Å². The summed E-state index contributed by atoms with van der Waals surface area (Å²) < 4.78 is 7.62. The molecular weight excluding hydrogens is 164 g/mol. The van der Waals surface area contributed by atoms with Crippen molar-refractivity contribution in [2.45, 2.75) is 46.4 Å². The maximum absolute atomic E-state index is 5.49. The lowest BCUT2D eigenvalue weighted by Gasteiger charge is -2.12. The highest BCUT2D eigenvalue weighted by Gasteiger charge is 2.06. The molecule has 0 saturated heterocycles. The van der Waals surface area contributed by atoms with Gasteiger partial charge in [0, 0.05) is 18.4 Å². The summed E-state index contributed by atoms with van der Waals surface area (Å²) in [5, 5.41) is 0. The number of ether oxygens (including phenoxy) is 1. The van der Waals surface area contributed by atoms with Crippen molar-refractivity contribution in [3.05, 3.63) is 18.2 Å². The van der Waals surface area contributed by atoms with E-state index in [-0.39, 0.29) is 6.10 Å².